The summed E-state index contributed by atoms with van der Waals surface area (Å²) in [5.41, 5.74) is 1.64. The molecule has 1 fully saturated rings. The SMILES string of the molecule is CN=C(NCCc1cc(F)cc2c1OCOC2)NCC1CCCS1.I. The van der Waals surface area contributed by atoms with E-state index in [-0.39, 0.29) is 36.6 Å². The van der Waals surface area contributed by atoms with E-state index in [2.05, 4.69) is 15.6 Å². The molecule has 2 aliphatic heterocycles. The third-order valence-corrected chi connectivity index (χ3v) is 5.58. The Labute approximate surface area is 169 Å². The lowest BCUT2D eigenvalue weighted by atomic mass is 10.1. The first-order valence-corrected chi connectivity index (χ1v) is 9.39. The van der Waals surface area contributed by atoms with Crippen molar-refractivity contribution in [1.29, 1.82) is 0 Å². The molecule has 0 aliphatic carbocycles. The highest BCUT2D eigenvalue weighted by Crippen LogP contribution is 2.29. The summed E-state index contributed by atoms with van der Waals surface area (Å²) < 4.78 is 24.5. The molecule has 2 heterocycles. The van der Waals surface area contributed by atoms with Crippen LogP contribution in [0.15, 0.2) is 17.1 Å². The summed E-state index contributed by atoms with van der Waals surface area (Å²) in [4.78, 5) is 4.25. The molecule has 0 radical (unpaired) electrons. The van der Waals surface area contributed by atoms with Crippen LogP contribution < -0.4 is 15.4 Å². The summed E-state index contributed by atoms with van der Waals surface area (Å²) in [5.74, 6) is 2.55. The van der Waals surface area contributed by atoms with E-state index in [0.717, 1.165) is 29.4 Å². The number of halogens is 2. The van der Waals surface area contributed by atoms with Crippen molar-refractivity contribution >= 4 is 41.7 Å². The molecule has 0 amide bonds. The Bertz CT molecular complexity index is 598. The topological polar surface area (TPSA) is 54.9 Å². The van der Waals surface area contributed by atoms with Gasteiger partial charge < -0.3 is 20.1 Å². The van der Waals surface area contributed by atoms with Crippen molar-refractivity contribution in [3.63, 3.8) is 0 Å². The van der Waals surface area contributed by atoms with E-state index >= 15 is 0 Å². The Balaban J connectivity index is 0.00000225. The van der Waals surface area contributed by atoms with Crippen LogP contribution in [-0.2, 0) is 17.8 Å². The van der Waals surface area contributed by atoms with Crippen LogP contribution in [0, 0.1) is 5.82 Å². The number of guanidine groups is 1. The lowest BCUT2D eigenvalue weighted by Gasteiger charge is -2.21. The lowest BCUT2D eigenvalue weighted by Crippen LogP contribution is -2.41. The van der Waals surface area contributed by atoms with Gasteiger partial charge in [-0.3, -0.25) is 4.99 Å². The van der Waals surface area contributed by atoms with Gasteiger partial charge in [-0.15, -0.1) is 24.0 Å². The monoisotopic (exact) mass is 481 g/mol. The first-order valence-electron chi connectivity index (χ1n) is 8.34. The van der Waals surface area contributed by atoms with Crippen LogP contribution >= 0.6 is 35.7 Å². The molecule has 0 saturated carbocycles. The maximum atomic E-state index is 13.7. The highest BCUT2D eigenvalue weighted by atomic mass is 127. The van der Waals surface area contributed by atoms with Gasteiger partial charge in [0.1, 0.15) is 11.6 Å². The van der Waals surface area contributed by atoms with Crippen LogP contribution in [-0.4, -0.2) is 43.9 Å². The predicted octanol–water partition coefficient (Wildman–Crippen LogP) is 2.91. The third-order valence-electron chi connectivity index (χ3n) is 4.18. The number of thioether (sulfide) groups is 1. The van der Waals surface area contributed by atoms with Gasteiger partial charge in [-0.05, 0) is 42.7 Å². The zero-order valence-corrected chi connectivity index (χ0v) is 17.5. The summed E-state index contributed by atoms with van der Waals surface area (Å²) in [6.45, 7) is 2.22. The third kappa shape index (κ3) is 5.89. The number of aliphatic imine (C=N–C) groups is 1. The minimum absolute atomic E-state index is 0. The van der Waals surface area contributed by atoms with Gasteiger partial charge in [-0.1, -0.05) is 0 Å². The number of benzene rings is 1. The fourth-order valence-corrected chi connectivity index (χ4v) is 4.20. The molecule has 8 heteroatoms. The van der Waals surface area contributed by atoms with Crippen molar-refractivity contribution in [1.82, 2.24) is 10.6 Å². The average Bonchev–Trinajstić information content (AvgIpc) is 3.11. The van der Waals surface area contributed by atoms with Crippen LogP contribution in [0.5, 0.6) is 5.75 Å². The van der Waals surface area contributed by atoms with E-state index in [1.165, 1.54) is 30.7 Å². The van der Waals surface area contributed by atoms with Crippen LogP contribution in [0.25, 0.3) is 0 Å². The van der Waals surface area contributed by atoms with Crippen molar-refractivity contribution < 1.29 is 13.9 Å². The van der Waals surface area contributed by atoms with Crippen LogP contribution in [0.3, 0.4) is 0 Å². The second-order valence-electron chi connectivity index (χ2n) is 5.93. The minimum atomic E-state index is -0.251. The summed E-state index contributed by atoms with van der Waals surface area (Å²) >= 11 is 2.02. The molecule has 140 valence electrons. The first-order chi connectivity index (χ1) is 11.8. The minimum Gasteiger partial charge on any atom is -0.467 e. The maximum absolute atomic E-state index is 13.7. The summed E-state index contributed by atoms with van der Waals surface area (Å²) in [6.07, 6.45) is 3.24. The summed E-state index contributed by atoms with van der Waals surface area (Å²) in [5, 5.41) is 7.33. The molecular weight excluding hydrogens is 456 g/mol. The largest absolute Gasteiger partial charge is 0.467 e. The summed E-state index contributed by atoms with van der Waals surface area (Å²) in [6, 6.07) is 3.02. The molecule has 0 aromatic heterocycles. The van der Waals surface area contributed by atoms with Crippen molar-refractivity contribution in [2.24, 2.45) is 4.99 Å². The molecule has 5 nitrogen and oxygen atoms in total. The van der Waals surface area contributed by atoms with E-state index in [4.69, 9.17) is 9.47 Å². The number of nitrogens with zero attached hydrogens (tertiary/aromatic N) is 1. The van der Waals surface area contributed by atoms with Gasteiger partial charge in [-0.2, -0.15) is 11.8 Å². The van der Waals surface area contributed by atoms with E-state index in [9.17, 15) is 4.39 Å². The molecule has 1 saturated heterocycles. The van der Waals surface area contributed by atoms with Gasteiger partial charge >= 0.3 is 0 Å². The Hall–Kier alpha value is -0.740. The standard InChI is InChI=1S/C17H24FN3O2S.HI/c1-19-17(21-9-15-3-2-6-24-15)20-5-4-12-7-14(18)8-13-10-22-11-23-16(12)13;/h7-8,15H,2-6,9-11H2,1H3,(H2,19,20,21);1H. The van der Waals surface area contributed by atoms with Crippen LogP contribution in [0.1, 0.15) is 24.0 Å². The number of hydrogen-bond acceptors (Lipinski definition) is 4. The summed E-state index contributed by atoms with van der Waals surface area (Å²) in [7, 11) is 1.77. The zero-order chi connectivity index (χ0) is 16.8. The van der Waals surface area contributed by atoms with E-state index in [1.54, 1.807) is 7.05 Å². The Morgan fingerprint density at radius 1 is 1.40 bits per heavy atom. The second kappa shape index (κ2) is 10.4. The van der Waals surface area contributed by atoms with Gasteiger partial charge in [0.2, 0.25) is 0 Å². The van der Waals surface area contributed by atoms with E-state index in [1.807, 2.05) is 11.8 Å². The van der Waals surface area contributed by atoms with E-state index in [0.29, 0.717) is 24.8 Å². The number of nitrogens with one attached hydrogen (secondary N) is 2. The van der Waals surface area contributed by atoms with Gasteiger partial charge in [0.15, 0.2) is 12.8 Å². The molecule has 3 rings (SSSR count). The second-order valence-corrected chi connectivity index (χ2v) is 7.34. The smallest absolute Gasteiger partial charge is 0.191 e. The molecule has 0 spiro atoms. The van der Waals surface area contributed by atoms with Gasteiger partial charge in [0, 0.05) is 31.0 Å². The average molecular weight is 481 g/mol. The highest BCUT2D eigenvalue weighted by molar-refractivity contribution is 14.0. The first kappa shape index (κ1) is 20.6. The van der Waals surface area contributed by atoms with Crippen molar-refractivity contribution in [2.75, 3.05) is 32.7 Å². The quantitative estimate of drug-likeness (QED) is 0.385. The van der Waals surface area contributed by atoms with E-state index < -0.39 is 0 Å². The Morgan fingerprint density at radius 3 is 3.04 bits per heavy atom. The van der Waals surface area contributed by atoms with Crippen LogP contribution in [0.2, 0.25) is 0 Å². The number of rotatable bonds is 5. The molecular formula is C17H25FIN3O2S. The van der Waals surface area contributed by atoms with Crippen molar-refractivity contribution in [3.05, 3.63) is 29.1 Å². The predicted molar refractivity (Wildman–Crippen MR) is 111 cm³/mol. The number of ether oxygens (including phenoxy) is 2. The molecule has 1 unspecified atom stereocenters. The highest BCUT2D eigenvalue weighted by Gasteiger charge is 2.17. The normalized spacial score (nSPS) is 19.6. The van der Waals surface area contributed by atoms with Crippen LogP contribution in [0.4, 0.5) is 4.39 Å². The molecule has 1 aromatic carbocycles. The zero-order valence-electron chi connectivity index (χ0n) is 14.3. The fourth-order valence-electron chi connectivity index (χ4n) is 2.99. The number of fused-ring (bicyclic) bond motifs is 1. The van der Waals surface area contributed by atoms with Crippen molar-refractivity contribution in [3.8, 4) is 5.75 Å². The molecule has 0 bridgehead atoms. The lowest BCUT2D eigenvalue weighted by molar-refractivity contribution is -0.0172. The Morgan fingerprint density at radius 2 is 2.28 bits per heavy atom. The Kier molecular flexibility index (Phi) is 8.57. The fraction of sp³-hybridized carbons (Fsp3) is 0.588. The molecule has 2 N–H and O–H groups in total. The van der Waals surface area contributed by atoms with Gasteiger partial charge in [-0.25, -0.2) is 4.39 Å². The molecule has 25 heavy (non-hydrogen) atoms. The number of hydrogen-bond donors (Lipinski definition) is 2. The van der Waals surface area contributed by atoms with Gasteiger partial charge in [0.25, 0.3) is 0 Å². The molecule has 1 aromatic rings. The molecule has 2 aliphatic rings. The maximum Gasteiger partial charge on any atom is 0.191 e. The van der Waals surface area contributed by atoms with Gasteiger partial charge in [0.05, 0.1) is 6.61 Å². The molecule has 1 atom stereocenters. The van der Waals surface area contributed by atoms with Crippen molar-refractivity contribution in [2.45, 2.75) is 31.1 Å².